The number of aryl methyl sites for hydroxylation is 2. The molecular formula is C13H18N4O. The molecule has 0 bridgehead atoms. The van der Waals surface area contributed by atoms with Gasteiger partial charge in [-0.25, -0.2) is 0 Å². The lowest BCUT2D eigenvalue weighted by Crippen LogP contribution is -2.39. The summed E-state index contributed by atoms with van der Waals surface area (Å²) in [6, 6.07) is 4.11. The third kappa shape index (κ3) is 2.37. The molecule has 0 unspecified atom stereocenters. The normalized spacial score (nSPS) is 16.6. The van der Waals surface area contributed by atoms with E-state index < -0.39 is 0 Å². The van der Waals surface area contributed by atoms with Crippen LogP contribution < -0.4 is 0 Å². The summed E-state index contributed by atoms with van der Waals surface area (Å²) in [5.41, 5.74) is 1.53. The molecule has 5 heteroatoms. The highest BCUT2D eigenvalue weighted by Crippen LogP contribution is 2.18. The summed E-state index contributed by atoms with van der Waals surface area (Å²) in [5, 5.41) is 13.1. The summed E-state index contributed by atoms with van der Waals surface area (Å²) in [5.74, 6) is 0.140. The topological polar surface area (TPSA) is 61.9 Å². The van der Waals surface area contributed by atoms with Gasteiger partial charge >= 0.3 is 0 Å². The lowest BCUT2D eigenvalue weighted by molar-refractivity contribution is 0.0694. The minimum atomic E-state index is 0.0360. The number of piperidine rings is 1. The van der Waals surface area contributed by atoms with E-state index in [0.29, 0.717) is 25.3 Å². The van der Waals surface area contributed by atoms with Gasteiger partial charge in [0.1, 0.15) is 5.69 Å². The Hall–Kier alpha value is -1.83. The van der Waals surface area contributed by atoms with Gasteiger partial charge in [0, 0.05) is 25.6 Å². The van der Waals surface area contributed by atoms with Crippen LogP contribution in [0.1, 0.15) is 35.9 Å². The second-order valence-electron chi connectivity index (χ2n) is 4.68. The molecule has 1 saturated heterocycles. The van der Waals surface area contributed by atoms with Crippen LogP contribution in [0.15, 0.2) is 6.07 Å². The summed E-state index contributed by atoms with van der Waals surface area (Å²) in [6.45, 7) is 5.91. The number of hydrogen-bond donors (Lipinski definition) is 0. The molecule has 0 radical (unpaired) electrons. The molecule has 1 fully saturated rings. The number of amides is 1. The molecule has 18 heavy (non-hydrogen) atoms. The van der Waals surface area contributed by atoms with Gasteiger partial charge in [-0.05, 0) is 32.8 Å². The maximum Gasteiger partial charge on any atom is 0.272 e. The fourth-order valence-corrected chi connectivity index (χ4v) is 2.33. The summed E-state index contributed by atoms with van der Waals surface area (Å²) < 4.78 is 1.74. The van der Waals surface area contributed by atoms with Crippen molar-refractivity contribution < 1.29 is 4.79 Å². The van der Waals surface area contributed by atoms with Crippen LogP contribution >= 0.6 is 0 Å². The zero-order chi connectivity index (χ0) is 13.1. The second-order valence-corrected chi connectivity index (χ2v) is 4.68. The zero-order valence-electron chi connectivity index (χ0n) is 10.9. The molecule has 1 aliphatic rings. The van der Waals surface area contributed by atoms with Gasteiger partial charge in [-0.15, -0.1) is 0 Å². The van der Waals surface area contributed by atoms with Crippen LogP contribution in [0.3, 0.4) is 0 Å². The minimum absolute atomic E-state index is 0.0360. The Morgan fingerprint density at radius 1 is 1.56 bits per heavy atom. The lowest BCUT2D eigenvalue weighted by Gasteiger charge is -2.29. The van der Waals surface area contributed by atoms with Crippen molar-refractivity contribution in [2.75, 3.05) is 13.1 Å². The number of rotatable bonds is 2. The molecule has 0 aliphatic carbocycles. The SMILES string of the molecule is CCn1nc(C)cc1C(=O)N1CCC(C#N)CC1. The Labute approximate surface area is 107 Å². The highest BCUT2D eigenvalue weighted by atomic mass is 16.2. The van der Waals surface area contributed by atoms with Gasteiger partial charge in [-0.1, -0.05) is 0 Å². The quantitative estimate of drug-likeness (QED) is 0.796. The van der Waals surface area contributed by atoms with E-state index >= 15 is 0 Å². The van der Waals surface area contributed by atoms with E-state index in [1.54, 1.807) is 4.68 Å². The summed E-state index contributed by atoms with van der Waals surface area (Å²) >= 11 is 0. The molecule has 0 spiro atoms. The average Bonchev–Trinajstić information content (AvgIpc) is 2.79. The highest BCUT2D eigenvalue weighted by Gasteiger charge is 2.25. The monoisotopic (exact) mass is 246 g/mol. The molecule has 2 rings (SSSR count). The van der Waals surface area contributed by atoms with Gasteiger partial charge in [-0.3, -0.25) is 9.48 Å². The molecule has 0 N–H and O–H groups in total. The summed E-state index contributed by atoms with van der Waals surface area (Å²) in [4.78, 5) is 14.2. The standard InChI is InChI=1S/C13H18N4O/c1-3-17-12(8-10(2)15-17)13(18)16-6-4-11(9-14)5-7-16/h8,11H,3-7H2,1-2H3. The van der Waals surface area contributed by atoms with Crippen molar-refractivity contribution in [3.63, 3.8) is 0 Å². The van der Waals surface area contributed by atoms with Gasteiger partial charge in [-0.2, -0.15) is 10.4 Å². The predicted molar refractivity (Wildman–Crippen MR) is 66.9 cm³/mol. The van der Waals surface area contributed by atoms with Crippen LogP contribution in [0.5, 0.6) is 0 Å². The zero-order valence-corrected chi connectivity index (χ0v) is 10.9. The van der Waals surface area contributed by atoms with E-state index in [0.717, 1.165) is 18.5 Å². The number of aromatic nitrogens is 2. The third-order valence-corrected chi connectivity index (χ3v) is 3.39. The first-order valence-electron chi connectivity index (χ1n) is 6.39. The van der Waals surface area contributed by atoms with E-state index in [-0.39, 0.29) is 11.8 Å². The molecule has 1 aliphatic heterocycles. The molecule has 5 nitrogen and oxygen atoms in total. The molecular weight excluding hydrogens is 228 g/mol. The molecule has 2 heterocycles. The minimum Gasteiger partial charge on any atom is -0.337 e. The lowest BCUT2D eigenvalue weighted by atomic mass is 9.98. The maximum atomic E-state index is 12.4. The molecule has 0 atom stereocenters. The first-order chi connectivity index (χ1) is 8.65. The molecule has 96 valence electrons. The molecule has 1 aromatic rings. The number of carbonyl (C=O) groups excluding carboxylic acids is 1. The van der Waals surface area contributed by atoms with Crippen LogP contribution in [0.4, 0.5) is 0 Å². The summed E-state index contributed by atoms with van der Waals surface area (Å²) in [6.07, 6.45) is 1.56. The highest BCUT2D eigenvalue weighted by molar-refractivity contribution is 5.92. The van der Waals surface area contributed by atoms with E-state index in [2.05, 4.69) is 11.2 Å². The number of carbonyl (C=O) groups is 1. The smallest absolute Gasteiger partial charge is 0.272 e. The van der Waals surface area contributed by atoms with Crippen molar-refractivity contribution in [3.8, 4) is 6.07 Å². The van der Waals surface area contributed by atoms with E-state index in [1.807, 2.05) is 24.8 Å². The van der Waals surface area contributed by atoms with Crippen molar-refractivity contribution in [2.45, 2.75) is 33.2 Å². The van der Waals surface area contributed by atoms with Crippen molar-refractivity contribution >= 4 is 5.91 Å². The van der Waals surface area contributed by atoms with Crippen molar-refractivity contribution in [1.29, 1.82) is 5.26 Å². The predicted octanol–water partition coefficient (Wildman–Crippen LogP) is 1.59. The molecule has 0 saturated carbocycles. The van der Waals surface area contributed by atoms with E-state index in [9.17, 15) is 4.79 Å². The Morgan fingerprint density at radius 2 is 2.22 bits per heavy atom. The fraction of sp³-hybridized carbons (Fsp3) is 0.615. The Bertz CT molecular complexity index is 478. The van der Waals surface area contributed by atoms with E-state index in [4.69, 9.17) is 5.26 Å². The first-order valence-corrected chi connectivity index (χ1v) is 6.39. The molecule has 1 aromatic heterocycles. The van der Waals surface area contributed by atoms with Crippen LogP contribution in [-0.2, 0) is 6.54 Å². The molecule has 0 aromatic carbocycles. The van der Waals surface area contributed by atoms with Crippen LogP contribution in [0.2, 0.25) is 0 Å². The van der Waals surface area contributed by atoms with Gasteiger partial charge in [0.25, 0.3) is 5.91 Å². The average molecular weight is 246 g/mol. The van der Waals surface area contributed by atoms with Crippen LogP contribution in [-0.4, -0.2) is 33.7 Å². The Kier molecular flexibility index (Phi) is 3.66. The number of nitriles is 1. The number of nitrogens with zero attached hydrogens (tertiary/aromatic N) is 4. The second kappa shape index (κ2) is 5.21. The van der Waals surface area contributed by atoms with Crippen LogP contribution in [0, 0.1) is 24.2 Å². The van der Waals surface area contributed by atoms with Gasteiger partial charge in [0.05, 0.1) is 11.8 Å². The maximum absolute atomic E-state index is 12.4. The van der Waals surface area contributed by atoms with Gasteiger partial charge in [0.2, 0.25) is 0 Å². The number of likely N-dealkylation sites (tertiary alicyclic amines) is 1. The van der Waals surface area contributed by atoms with Crippen molar-refractivity contribution in [3.05, 3.63) is 17.5 Å². The van der Waals surface area contributed by atoms with Gasteiger partial charge < -0.3 is 4.90 Å². The largest absolute Gasteiger partial charge is 0.337 e. The van der Waals surface area contributed by atoms with E-state index in [1.165, 1.54) is 0 Å². The Morgan fingerprint density at radius 3 is 2.78 bits per heavy atom. The number of hydrogen-bond acceptors (Lipinski definition) is 3. The Balaban J connectivity index is 2.10. The summed E-state index contributed by atoms with van der Waals surface area (Å²) in [7, 11) is 0. The van der Waals surface area contributed by atoms with Crippen molar-refractivity contribution in [1.82, 2.24) is 14.7 Å². The van der Waals surface area contributed by atoms with Crippen molar-refractivity contribution in [2.24, 2.45) is 5.92 Å². The van der Waals surface area contributed by atoms with Crippen LogP contribution in [0.25, 0.3) is 0 Å². The molecule has 1 amide bonds. The van der Waals surface area contributed by atoms with Gasteiger partial charge in [0.15, 0.2) is 0 Å². The third-order valence-electron chi connectivity index (χ3n) is 3.39. The first kappa shape index (κ1) is 12.6. The fourth-order valence-electron chi connectivity index (χ4n) is 2.33.